The molecule has 1 saturated heterocycles. The van der Waals surface area contributed by atoms with Crippen LogP contribution in [0, 0.1) is 19.7 Å². The summed E-state index contributed by atoms with van der Waals surface area (Å²) in [5.74, 6) is -0.598. The average molecular weight is 330 g/mol. The van der Waals surface area contributed by atoms with E-state index in [1.807, 2.05) is 30.5 Å². The second kappa shape index (κ2) is 5.70. The fourth-order valence-electron chi connectivity index (χ4n) is 2.63. The van der Waals surface area contributed by atoms with E-state index in [4.69, 9.17) is 0 Å². The molecular formula is C17H15FN2O2S. The van der Waals surface area contributed by atoms with Crippen molar-refractivity contribution in [1.82, 2.24) is 9.47 Å². The molecule has 118 valence electrons. The maximum absolute atomic E-state index is 13.5. The van der Waals surface area contributed by atoms with Gasteiger partial charge in [0.2, 0.25) is 0 Å². The lowest BCUT2D eigenvalue weighted by Crippen LogP contribution is -2.22. The van der Waals surface area contributed by atoms with Crippen LogP contribution in [0.2, 0.25) is 0 Å². The zero-order valence-corrected chi connectivity index (χ0v) is 13.8. The van der Waals surface area contributed by atoms with Gasteiger partial charge in [0, 0.05) is 24.1 Å². The van der Waals surface area contributed by atoms with Gasteiger partial charge in [-0.3, -0.25) is 14.5 Å². The molecule has 1 fully saturated rings. The number of carbonyl (C=O) groups excluding carboxylic acids is 2. The van der Waals surface area contributed by atoms with Crippen LogP contribution >= 0.6 is 11.8 Å². The van der Waals surface area contributed by atoms with Crippen LogP contribution in [0.1, 0.15) is 17.0 Å². The Labute approximate surface area is 137 Å². The van der Waals surface area contributed by atoms with E-state index in [1.165, 1.54) is 19.2 Å². The molecule has 0 radical (unpaired) electrons. The summed E-state index contributed by atoms with van der Waals surface area (Å²) in [6, 6.07) is 8.27. The van der Waals surface area contributed by atoms with Crippen molar-refractivity contribution < 1.29 is 14.0 Å². The molecule has 3 rings (SSSR count). The van der Waals surface area contributed by atoms with Gasteiger partial charge in [0.05, 0.1) is 4.91 Å². The van der Waals surface area contributed by atoms with Crippen molar-refractivity contribution in [2.75, 3.05) is 7.05 Å². The molecule has 1 aromatic carbocycles. The number of hydrogen-bond donors (Lipinski definition) is 0. The summed E-state index contributed by atoms with van der Waals surface area (Å²) in [5, 5.41) is -0.278. The van der Waals surface area contributed by atoms with Crippen LogP contribution in [0.25, 0.3) is 11.8 Å². The summed E-state index contributed by atoms with van der Waals surface area (Å²) in [7, 11) is 1.47. The molecule has 0 N–H and O–H groups in total. The zero-order valence-electron chi connectivity index (χ0n) is 13.0. The van der Waals surface area contributed by atoms with Gasteiger partial charge in [-0.25, -0.2) is 4.39 Å². The maximum Gasteiger partial charge on any atom is 0.293 e. The van der Waals surface area contributed by atoms with Gasteiger partial charge in [0.1, 0.15) is 5.82 Å². The van der Waals surface area contributed by atoms with Crippen LogP contribution in [0.4, 0.5) is 9.18 Å². The Morgan fingerprint density at radius 2 is 1.91 bits per heavy atom. The van der Waals surface area contributed by atoms with Gasteiger partial charge in [-0.05, 0) is 61.5 Å². The number of thioether (sulfide) groups is 1. The van der Waals surface area contributed by atoms with E-state index in [-0.39, 0.29) is 17.0 Å². The fraction of sp³-hybridized carbons (Fsp3) is 0.176. The quantitative estimate of drug-likeness (QED) is 0.784. The molecule has 0 spiro atoms. The molecule has 6 heteroatoms. The second-order valence-corrected chi connectivity index (χ2v) is 6.38. The molecule has 0 aliphatic carbocycles. The van der Waals surface area contributed by atoms with E-state index in [1.54, 1.807) is 12.1 Å². The van der Waals surface area contributed by atoms with E-state index in [0.29, 0.717) is 4.91 Å². The lowest BCUT2D eigenvalue weighted by molar-refractivity contribution is -0.121. The van der Waals surface area contributed by atoms with Gasteiger partial charge >= 0.3 is 0 Å². The third-order valence-electron chi connectivity index (χ3n) is 3.81. The van der Waals surface area contributed by atoms with Crippen LogP contribution in [0.15, 0.2) is 35.2 Å². The molecule has 1 aliphatic rings. The van der Waals surface area contributed by atoms with Gasteiger partial charge in [0.25, 0.3) is 11.1 Å². The Bertz CT molecular complexity index is 854. The smallest absolute Gasteiger partial charge is 0.293 e. The maximum atomic E-state index is 13.5. The standard InChI is InChI=1S/C17H15FN2O2S/c1-10-7-12(8-15-16(21)19(3)17(22)23-15)11(2)20(10)14-6-4-5-13(18)9-14/h4-9H,1-3H3/b15-8+. The lowest BCUT2D eigenvalue weighted by Gasteiger charge is -2.09. The summed E-state index contributed by atoms with van der Waals surface area (Å²) < 4.78 is 15.4. The van der Waals surface area contributed by atoms with Crippen molar-refractivity contribution in [2.45, 2.75) is 13.8 Å². The Balaban J connectivity index is 2.06. The molecular weight excluding hydrogens is 315 g/mol. The highest BCUT2D eigenvalue weighted by Crippen LogP contribution is 2.32. The summed E-state index contributed by atoms with van der Waals surface area (Å²) in [5.41, 5.74) is 3.38. The first-order valence-electron chi connectivity index (χ1n) is 7.05. The zero-order chi connectivity index (χ0) is 16.7. The molecule has 1 aliphatic heterocycles. The number of imide groups is 1. The van der Waals surface area contributed by atoms with E-state index in [0.717, 1.165) is 39.3 Å². The second-order valence-electron chi connectivity index (χ2n) is 5.38. The summed E-state index contributed by atoms with van der Waals surface area (Å²) in [6.45, 7) is 3.82. The Hall–Kier alpha value is -2.34. The number of nitrogens with zero attached hydrogens (tertiary/aromatic N) is 2. The highest BCUT2D eigenvalue weighted by Gasteiger charge is 2.32. The molecule has 2 aromatic rings. The number of amides is 2. The number of likely N-dealkylation sites (N-methyl/N-ethyl adjacent to an activating group) is 1. The predicted molar refractivity (Wildman–Crippen MR) is 88.9 cm³/mol. The van der Waals surface area contributed by atoms with Crippen LogP contribution in [-0.2, 0) is 4.79 Å². The van der Waals surface area contributed by atoms with Gasteiger partial charge in [-0.1, -0.05) is 6.07 Å². The topological polar surface area (TPSA) is 42.3 Å². The monoisotopic (exact) mass is 330 g/mol. The molecule has 0 saturated carbocycles. The molecule has 0 atom stereocenters. The van der Waals surface area contributed by atoms with E-state index >= 15 is 0 Å². The predicted octanol–water partition coefficient (Wildman–Crippen LogP) is 3.90. The normalized spacial score (nSPS) is 16.7. The molecule has 0 bridgehead atoms. The number of halogens is 1. The summed E-state index contributed by atoms with van der Waals surface area (Å²) in [4.78, 5) is 25.1. The van der Waals surface area contributed by atoms with Gasteiger partial charge < -0.3 is 4.57 Å². The fourth-order valence-corrected chi connectivity index (χ4v) is 3.45. The van der Waals surface area contributed by atoms with E-state index < -0.39 is 0 Å². The number of carbonyl (C=O) groups is 2. The van der Waals surface area contributed by atoms with Crippen molar-refractivity contribution in [1.29, 1.82) is 0 Å². The van der Waals surface area contributed by atoms with E-state index in [9.17, 15) is 14.0 Å². The van der Waals surface area contributed by atoms with Gasteiger partial charge in [0.15, 0.2) is 0 Å². The first kappa shape index (κ1) is 15.6. The van der Waals surface area contributed by atoms with E-state index in [2.05, 4.69) is 0 Å². The van der Waals surface area contributed by atoms with Crippen molar-refractivity contribution in [3.8, 4) is 5.69 Å². The largest absolute Gasteiger partial charge is 0.318 e. The third-order valence-corrected chi connectivity index (χ3v) is 4.77. The SMILES string of the molecule is Cc1cc(/C=C2/SC(=O)N(C)C2=O)c(C)n1-c1cccc(F)c1. The molecule has 2 heterocycles. The third kappa shape index (κ3) is 2.70. The summed E-state index contributed by atoms with van der Waals surface area (Å²) >= 11 is 0.928. The Kier molecular flexibility index (Phi) is 3.85. The minimum atomic E-state index is -0.302. The van der Waals surface area contributed by atoms with Crippen LogP contribution < -0.4 is 0 Å². The molecule has 1 aromatic heterocycles. The van der Waals surface area contributed by atoms with Gasteiger partial charge in [-0.15, -0.1) is 0 Å². The van der Waals surface area contributed by atoms with Crippen molar-refractivity contribution in [3.63, 3.8) is 0 Å². The van der Waals surface area contributed by atoms with Crippen LogP contribution in [0.5, 0.6) is 0 Å². The van der Waals surface area contributed by atoms with Crippen molar-refractivity contribution in [2.24, 2.45) is 0 Å². The molecule has 0 unspecified atom stereocenters. The number of rotatable bonds is 2. The van der Waals surface area contributed by atoms with Crippen LogP contribution in [-0.4, -0.2) is 27.7 Å². The number of aromatic nitrogens is 1. The first-order chi connectivity index (χ1) is 10.9. The van der Waals surface area contributed by atoms with Crippen LogP contribution in [0.3, 0.4) is 0 Å². The average Bonchev–Trinajstić information content (AvgIpc) is 2.91. The molecule has 23 heavy (non-hydrogen) atoms. The van der Waals surface area contributed by atoms with Crippen molar-refractivity contribution in [3.05, 3.63) is 58.0 Å². The number of aryl methyl sites for hydroxylation is 1. The Morgan fingerprint density at radius 1 is 1.17 bits per heavy atom. The lowest BCUT2D eigenvalue weighted by atomic mass is 10.2. The first-order valence-corrected chi connectivity index (χ1v) is 7.86. The minimum absolute atomic E-state index is 0.278. The number of benzene rings is 1. The molecule has 2 amide bonds. The number of hydrogen-bond acceptors (Lipinski definition) is 3. The van der Waals surface area contributed by atoms with Gasteiger partial charge in [-0.2, -0.15) is 0 Å². The van der Waals surface area contributed by atoms with Crippen molar-refractivity contribution >= 4 is 29.0 Å². The minimum Gasteiger partial charge on any atom is -0.318 e. The molecule has 4 nitrogen and oxygen atoms in total. The highest BCUT2D eigenvalue weighted by atomic mass is 32.2. The summed E-state index contributed by atoms with van der Waals surface area (Å²) in [6.07, 6.45) is 1.71. The Morgan fingerprint density at radius 3 is 2.52 bits per heavy atom. The highest BCUT2D eigenvalue weighted by molar-refractivity contribution is 8.18.